The summed E-state index contributed by atoms with van der Waals surface area (Å²) >= 11 is 5.48. The first-order valence-electron chi connectivity index (χ1n) is 3.12. The Morgan fingerprint density at radius 3 is 2.77 bits per heavy atom. The molecule has 0 saturated heterocycles. The van der Waals surface area contributed by atoms with Crippen LogP contribution in [0.3, 0.4) is 0 Å². The van der Waals surface area contributed by atoms with E-state index in [9.17, 15) is 9.90 Å². The molecule has 0 saturated carbocycles. The second-order valence-corrected chi connectivity index (χ2v) is 2.36. The predicted molar refractivity (Wildman–Crippen MR) is 39.7 cm³/mol. The van der Waals surface area contributed by atoms with Crippen LogP contribution in [0, 0.1) is 0 Å². The van der Waals surface area contributed by atoms with Gasteiger partial charge in [0.05, 0.1) is 12.2 Å². The summed E-state index contributed by atoms with van der Waals surface area (Å²) in [4.78, 5) is 13.6. The zero-order valence-electron chi connectivity index (χ0n) is 6.99. The van der Waals surface area contributed by atoms with Crippen LogP contribution in [0.15, 0.2) is 18.3 Å². The minimum Gasteiger partial charge on any atom is -0.546 e. The van der Waals surface area contributed by atoms with Crippen molar-refractivity contribution in [1.29, 1.82) is 0 Å². The molecule has 0 fully saturated rings. The van der Waals surface area contributed by atoms with Crippen molar-refractivity contribution in [3.05, 3.63) is 23.5 Å². The molecular formula is C7H5ClNNaO3. The fraction of sp³-hybridized carbons (Fsp3) is 0.143. The van der Waals surface area contributed by atoms with Gasteiger partial charge in [0.25, 0.3) is 0 Å². The molecule has 6 heteroatoms. The quantitative estimate of drug-likeness (QED) is 0.390. The molecule has 0 radical (unpaired) electrons. The van der Waals surface area contributed by atoms with Crippen molar-refractivity contribution in [2.45, 2.75) is 0 Å². The third-order valence-corrected chi connectivity index (χ3v) is 1.28. The van der Waals surface area contributed by atoms with Crippen LogP contribution in [0.2, 0.25) is 5.15 Å². The van der Waals surface area contributed by atoms with Gasteiger partial charge in [-0.15, -0.1) is 0 Å². The van der Waals surface area contributed by atoms with Crippen molar-refractivity contribution in [2.24, 2.45) is 0 Å². The molecule has 0 aromatic carbocycles. The van der Waals surface area contributed by atoms with Gasteiger partial charge in [-0.25, -0.2) is 4.98 Å². The van der Waals surface area contributed by atoms with Gasteiger partial charge in [0.1, 0.15) is 17.5 Å². The monoisotopic (exact) mass is 209 g/mol. The average molecular weight is 210 g/mol. The summed E-state index contributed by atoms with van der Waals surface area (Å²) in [6.45, 7) is -0.483. The molecule has 0 N–H and O–H groups in total. The van der Waals surface area contributed by atoms with Crippen LogP contribution < -0.4 is 39.4 Å². The summed E-state index contributed by atoms with van der Waals surface area (Å²) in [5.41, 5.74) is 0. The molecule has 1 aromatic rings. The maximum atomic E-state index is 9.96. The number of ether oxygens (including phenoxy) is 1. The molecule has 0 atom stereocenters. The number of carboxylic acid groups (broad SMARTS) is 1. The molecule has 0 amide bonds. The largest absolute Gasteiger partial charge is 1.00 e. The smallest absolute Gasteiger partial charge is 0.546 e. The van der Waals surface area contributed by atoms with Crippen LogP contribution in [0.4, 0.5) is 0 Å². The Morgan fingerprint density at radius 1 is 1.62 bits per heavy atom. The van der Waals surface area contributed by atoms with Crippen LogP contribution in [-0.2, 0) is 4.79 Å². The summed E-state index contributed by atoms with van der Waals surface area (Å²) in [7, 11) is 0. The molecule has 0 spiro atoms. The van der Waals surface area contributed by atoms with Gasteiger partial charge < -0.3 is 14.6 Å². The normalized spacial score (nSPS) is 8.69. The number of aromatic nitrogens is 1. The van der Waals surface area contributed by atoms with Crippen molar-refractivity contribution in [2.75, 3.05) is 6.61 Å². The Bertz CT molecular complexity index is 278. The molecule has 0 aliphatic rings. The van der Waals surface area contributed by atoms with Crippen molar-refractivity contribution < 1.29 is 44.2 Å². The number of pyridine rings is 1. The second kappa shape index (κ2) is 6.21. The minimum atomic E-state index is -1.27. The van der Waals surface area contributed by atoms with Gasteiger partial charge in [0, 0.05) is 0 Å². The number of rotatable bonds is 3. The topological polar surface area (TPSA) is 62.2 Å². The van der Waals surface area contributed by atoms with Gasteiger partial charge in [-0.2, -0.15) is 0 Å². The Morgan fingerprint density at radius 2 is 2.31 bits per heavy atom. The molecule has 1 aromatic heterocycles. The number of nitrogens with zero attached hydrogens (tertiary/aromatic N) is 1. The first kappa shape index (κ1) is 12.7. The summed E-state index contributed by atoms with van der Waals surface area (Å²) < 4.78 is 4.74. The van der Waals surface area contributed by atoms with Gasteiger partial charge in [-0.3, -0.25) is 0 Å². The van der Waals surface area contributed by atoms with E-state index in [1.165, 1.54) is 18.3 Å². The molecular weight excluding hydrogens is 205 g/mol. The van der Waals surface area contributed by atoms with Gasteiger partial charge in [-0.1, -0.05) is 11.6 Å². The maximum Gasteiger partial charge on any atom is 1.00 e. The fourth-order valence-electron chi connectivity index (χ4n) is 0.590. The van der Waals surface area contributed by atoms with E-state index < -0.39 is 12.6 Å². The Kier molecular flexibility index (Phi) is 6.07. The van der Waals surface area contributed by atoms with Crippen molar-refractivity contribution >= 4 is 17.6 Å². The van der Waals surface area contributed by atoms with Gasteiger partial charge in [-0.05, 0) is 12.1 Å². The van der Waals surface area contributed by atoms with Crippen LogP contribution in [0.1, 0.15) is 0 Å². The Balaban J connectivity index is 0.00000144. The van der Waals surface area contributed by atoms with Crippen molar-refractivity contribution in [1.82, 2.24) is 4.98 Å². The summed E-state index contributed by atoms with van der Waals surface area (Å²) in [6.07, 6.45) is 1.34. The molecule has 64 valence electrons. The van der Waals surface area contributed by atoms with Crippen LogP contribution in [0.25, 0.3) is 0 Å². The molecule has 0 aliphatic carbocycles. The Labute approximate surface area is 102 Å². The molecule has 4 nitrogen and oxygen atoms in total. The second-order valence-electron chi connectivity index (χ2n) is 1.98. The standard InChI is InChI=1S/C7H6ClNO3.Na/c8-6-2-1-5(3-9-6)12-4-7(10)11;/h1-3H,4H2,(H,10,11);/q;+1/p-1. The van der Waals surface area contributed by atoms with Crippen LogP contribution in [-0.4, -0.2) is 17.6 Å². The predicted octanol–water partition coefficient (Wildman–Crippen LogP) is -3.13. The molecule has 0 unspecified atom stereocenters. The number of carboxylic acids is 1. The van der Waals surface area contributed by atoms with E-state index in [0.717, 1.165) is 0 Å². The first-order chi connectivity index (χ1) is 5.68. The van der Waals surface area contributed by atoms with Crippen molar-refractivity contribution in [3.63, 3.8) is 0 Å². The summed E-state index contributed by atoms with van der Waals surface area (Å²) in [5, 5.41) is 10.3. The number of carbonyl (C=O) groups is 1. The number of halogens is 1. The van der Waals surface area contributed by atoms with Gasteiger partial charge >= 0.3 is 29.6 Å². The zero-order chi connectivity index (χ0) is 8.97. The number of carbonyl (C=O) groups excluding carboxylic acids is 1. The average Bonchev–Trinajstić information content (AvgIpc) is 2.03. The SMILES string of the molecule is O=C([O-])COc1ccc(Cl)nc1.[Na+]. The van der Waals surface area contributed by atoms with Crippen LogP contribution in [0.5, 0.6) is 5.75 Å². The maximum absolute atomic E-state index is 9.96. The van der Waals surface area contributed by atoms with Crippen molar-refractivity contribution in [3.8, 4) is 5.75 Å². The molecule has 1 rings (SSSR count). The third-order valence-electron chi connectivity index (χ3n) is 1.06. The Hall–Kier alpha value is -0.290. The molecule has 0 aliphatic heterocycles. The van der Waals surface area contributed by atoms with Gasteiger partial charge in [0.15, 0.2) is 0 Å². The van der Waals surface area contributed by atoms with Gasteiger partial charge in [0.2, 0.25) is 0 Å². The zero-order valence-corrected chi connectivity index (χ0v) is 9.75. The number of hydrogen-bond donors (Lipinski definition) is 0. The van der Waals surface area contributed by atoms with E-state index >= 15 is 0 Å². The summed E-state index contributed by atoms with van der Waals surface area (Å²) in [5.74, 6) is -0.923. The fourth-order valence-corrected chi connectivity index (χ4v) is 0.702. The van der Waals surface area contributed by atoms with E-state index in [-0.39, 0.29) is 29.6 Å². The summed E-state index contributed by atoms with van der Waals surface area (Å²) in [6, 6.07) is 3.03. The first-order valence-corrected chi connectivity index (χ1v) is 3.50. The van der Waals surface area contributed by atoms with E-state index in [4.69, 9.17) is 16.3 Å². The molecule has 13 heavy (non-hydrogen) atoms. The third kappa shape index (κ3) is 5.10. The molecule has 0 bridgehead atoms. The molecule has 1 heterocycles. The number of hydrogen-bond acceptors (Lipinski definition) is 4. The van der Waals surface area contributed by atoms with E-state index in [0.29, 0.717) is 10.9 Å². The van der Waals surface area contributed by atoms with E-state index in [1.54, 1.807) is 0 Å². The minimum absolute atomic E-state index is 0. The van der Waals surface area contributed by atoms with Crippen LogP contribution >= 0.6 is 11.6 Å². The number of aliphatic carboxylic acids is 1. The van der Waals surface area contributed by atoms with E-state index in [2.05, 4.69) is 4.98 Å². The van der Waals surface area contributed by atoms with E-state index in [1.807, 2.05) is 0 Å².